The van der Waals surface area contributed by atoms with Crippen molar-refractivity contribution in [3.8, 4) is 17.2 Å². The Kier molecular flexibility index (Phi) is 5.75. The normalized spacial score (nSPS) is 11.0. The predicted molar refractivity (Wildman–Crippen MR) is 111 cm³/mol. The topological polar surface area (TPSA) is 117 Å². The SMILES string of the molecule is COc1cccc2cc(/C=C\C(=O)OCC(=O)Nc3nnc(-c4ccccc4)o3)oc12. The molecule has 156 valence electrons. The van der Waals surface area contributed by atoms with Crippen molar-refractivity contribution in [3.63, 3.8) is 0 Å². The van der Waals surface area contributed by atoms with Crippen LogP contribution in [-0.2, 0) is 14.3 Å². The summed E-state index contributed by atoms with van der Waals surface area (Å²) in [5, 5.41) is 10.8. The van der Waals surface area contributed by atoms with Crippen LogP contribution in [0, 0.1) is 0 Å². The van der Waals surface area contributed by atoms with Crippen LogP contribution in [0.25, 0.3) is 28.5 Å². The minimum atomic E-state index is -0.710. The fourth-order valence-corrected chi connectivity index (χ4v) is 2.76. The van der Waals surface area contributed by atoms with Gasteiger partial charge in [0.25, 0.3) is 5.91 Å². The molecule has 0 aliphatic carbocycles. The van der Waals surface area contributed by atoms with Gasteiger partial charge in [-0.25, -0.2) is 4.79 Å². The number of aromatic nitrogens is 2. The first kappa shape index (κ1) is 19.9. The van der Waals surface area contributed by atoms with Crippen LogP contribution >= 0.6 is 0 Å². The lowest BCUT2D eigenvalue weighted by Crippen LogP contribution is -2.20. The molecule has 0 unspecified atom stereocenters. The number of esters is 1. The smallest absolute Gasteiger partial charge is 0.331 e. The third-order valence-corrected chi connectivity index (χ3v) is 4.17. The lowest BCUT2D eigenvalue weighted by Gasteiger charge is -2.01. The van der Waals surface area contributed by atoms with E-state index in [0.29, 0.717) is 17.1 Å². The summed E-state index contributed by atoms with van der Waals surface area (Å²) >= 11 is 0. The summed E-state index contributed by atoms with van der Waals surface area (Å²) in [6, 6.07) is 16.2. The van der Waals surface area contributed by atoms with Gasteiger partial charge in [0.05, 0.1) is 7.11 Å². The fraction of sp³-hybridized carbons (Fsp3) is 0.0909. The van der Waals surface area contributed by atoms with Gasteiger partial charge in [-0.2, -0.15) is 0 Å². The number of fused-ring (bicyclic) bond motifs is 1. The Hall–Kier alpha value is -4.40. The highest BCUT2D eigenvalue weighted by Crippen LogP contribution is 2.28. The van der Waals surface area contributed by atoms with Gasteiger partial charge in [-0.3, -0.25) is 10.1 Å². The van der Waals surface area contributed by atoms with Crippen molar-refractivity contribution < 1.29 is 27.9 Å². The molecule has 0 atom stereocenters. The van der Waals surface area contributed by atoms with E-state index in [1.807, 2.05) is 30.3 Å². The molecule has 9 nitrogen and oxygen atoms in total. The summed E-state index contributed by atoms with van der Waals surface area (Å²) in [7, 11) is 1.55. The zero-order valence-corrected chi connectivity index (χ0v) is 16.4. The Morgan fingerprint density at radius 1 is 1.06 bits per heavy atom. The summed E-state index contributed by atoms with van der Waals surface area (Å²) in [5.41, 5.74) is 1.29. The van der Waals surface area contributed by atoms with E-state index in [2.05, 4.69) is 15.5 Å². The molecule has 0 fully saturated rings. The second-order valence-electron chi connectivity index (χ2n) is 6.30. The van der Waals surface area contributed by atoms with Gasteiger partial charge in [-0.1, -0.05) is 35.4 Å². The Labute approximate surface area is 176 Å². The zero-order valence-electron chi connectivity index (χ0n) is 16.4. The van der Waals surface area contributed by atoms with Crippen LogP contribution in [0.15, 0.2) is 69.5 Å². The first-order valence-electron chi connectivity index (χ1n) is 9.22. The van der Waals surface area contributed by atoms with Crippen LogP contribution in [0.2, 0.25) is 0 Å². The number of hydrogen-bond donors (Lipinski definition) is 1. The number of rotatable bonds is 7. The van der Waals surface area contributed by atoms with Gasteiger partial charge in [0.1, 0.15) is 5.76 Å². The van der Waals surface area contributed by atoms with E-state index >= 15 is 0 Å². The third kappa shape index (κ3) is 4.78. The van der Waals surface area contributed by atoms with Crippen LogP contribution in [0.5, 0.6) is 5.75 Å². The van der Waals surface area contributed by atoms with E-state index < -0.39 is 18.5 Å². The molecule has 1 amide bonds. The molecular weight excluding hydrogens is 402 g/mol. The van der Waals surface area contributed by atoms with Crippen LogP contribution in [0.1, 0.15) is 5.76 Å². The third-order valence-electron chi connectivity index (χ3n) is 4.17. The maximum atomic E-state index is 12.0. The Morgan fingerprint density at radius 3 is 2.71 bits per heavy atom. The molecule has 31 heavy (non-hydrogen) atoms. The Bertz CT molecular complexity index is 1240. The quantitative estimate of drug-likeness (QED) is 0.356. The number of amides is 1. The Balaban J connectivity index is 1.30. The van der Waals surface area contributed by atoms with Crippen LogP contribution in [-0.4, -0.2) is 35.8 Å². The standard InChI is InChI=1S/C22H17N3O6/c1-28-17-9-5-8-15-12-16(30-20(15)17)10-11-19(27)29-13-18(26)23-22-25-24-21(31-22)14-6-3-2-4-7-14/h2-12H,13H2,1H3,(H,23,25,26)/b11-10-. The number of furan rings is 1. The molecule has 0 spiro atoms. The number of benzene rings is 2. The summed E-state index contributed by atoms with van der Waals surface area (Å²) in [6.07, 6.45) is 2.61. The van der Waals surface area contributed by atoms with Crippen molar-refractivity contribution in [2.75, 3.05) is 19.0 Å². The largest absolute Gasteiger partial charge is 0.493 e. The molecule has 9 heteroatoms. The summed E-state index contributed by atoms with van der Waals surface area (Å²) in [6.45, 7) is -0.514. The molecule has 4 aromatic rings. The molecule has 0 saturated heterocycles. The number of carbonyl (C=O) groups excluding carboxylic acids is 2. The van der Waals surface area contributed by atoms with Gasteiger partial charge in [0, 0.05) is 17.0 Å². The summed E-state index contributed by atoms with van der Waals surface area (Å²) in [5.74, 6) is -0.0251. The van der Waals surface area contributed by atoms with Crippen molar-refractivity contribution >= 4 is 34.9 Å². The van der Waals surface area contributed by atoms with E-state index in [1.165, 1.54) is 6.08 Å². The molecular formula is C22H17N3O6. The lowest BCUT2D eigenvalue weighted by atomic mass is 10.2. The van der Waals surface area contributed by atoms with E-state index in [-0.39, 0.29) is 11.9 Å². The maximum Gasteiger partial charge on any atom is 0.331 e. The van der Waals surface area contributed by atoms with Gasteiger partial charge >= 0.3 is 12.0 Å². The van der Waals surface area contributed by atoms with Crippen LogP contribution in [0.4, 0.5) is 6.01 Å². The van der Waals surface area contributed by atoms with E-state index in [9.17, 15) is 9.59 Å². The van der Waals surface area contributed by atoms with Gasteiger partial charge in [-0.15, -0.1) is 5.10 Å². The second kappa shape index (κ2) is 8.95. The highest BCUT2D eigenvalue weighted by molar-refractivity contribution is 5.93. The number of carbonyl (C=O) groups is 2. The van der Waals surface area contributed by atoms with Gasteiger partial charge < -0.3 is 18.3 Å². The number of methoxy groups -OCH3 is 1. The van der Waals surface area contributed by atoms with Crippen molar-refractivity contribution in [3.05, 3.63) is 66.4 Å². The first-order chi connectivity index (χ1) is 15.1. The minimum Gasteiger partial charge on any atom is -0.493 e. The van der Waals surface area contributed by atoms with Crippen molar-refractivity contribution in [2.45, 2.75) is 0 Å². The van der Waals surface area contributed by atoms with E-state index in [1.54, 1.807) is 31.4 Å². The Morgan fingerprint density at radius 2 is 1.90 bits per heavy atom. The van der Waals surface area contributed by atoms with Gasteiger partial charge in [0.15, 0.2) is 17.9 Å². The number of nitrogens with one attached hydrogen (secondary N) is 1. The first-order valence-corrected chi connectivity index (χ1v) is 9.22. The second-order valence-corrected chi connectivity index (χ2v) is 6.30. The monoisotopic (exact) mass is 419 g/mol. The molecule has 0 radical (unpaired) electrons. The molecule has 2 heterocycles. The zero-order chi connectivity index (χ0) is 21.6. The molecule has 4 rings (SSSR count). The molecule has 0 aliphatic rings. The molecule has 0 saturated carbocycles. The number of nitrogens with zero attached hydrogens (tertiary/aromatic N) is 2. The van der Waals surface area contributed by atoms with Crippen molar-refractivity contribution in [1.29, 1.82) is 0 Å². The number of para-hydroxylation sites is 1. The van der Waals surface area contributed by atoms with E-state index in [0.717, 1.165) is 17.0 Å². The van der Waals surface area contributed by atoms with Crippen LogP contribution < -0.4 is 10.1 Å². The highest BCUT2D eigenvalue weighted by atomic mass is 16.5. The average molecular weight is 419 g/mol. The fourth-order valence-electron chi connectivity index (χ4n) is 2.76. The average Bonchev–Trinajstić information content (AvgIpc) is 3.43. The molecule has 1 N–H and O–H groups in total. The summed E-state index contributed by atoms with van der Waals surface area (Å²) in [4.78, 5) is 23.8. The summed E-state index contributed by atoms with van der Waals surface area (Å²) < 4.78 is 21.2. The van der Waals surface area contributed by atoms with Crippen molar-refractivity contribution in [2.24, 2.45) is 0 Å². The van der Waals surface area contributed by atoms with Crippen molar-refractivity contribution in [1.82, 2.24) is 10.2 Å². The molecule has 0 aliphatic heterocycles. The molecule has 2 aromatic heterocycles. The van der Waals surface area contributed by atoms with Gasteiger partial charge in [0.2, 0.25) is 5.89 Å². The molecule has 0 bridgehead atoms. The van der Waals surface area contributed by atoms with E-state index in [4.69, 9.17) is 18.3 Å². The number of hydrogen-bond acceptors (Lipinski definition) is 8. The number of anilines is 1. The predicted octanol–water partition coefficient (Wildman–Crippen LogP) is 3.69. The van der Waals surface area contributed by atoms with Gasteiger partial charge in [-0.05, 0) is 30.3 Å². The van der Waals surface area contributed by atoms with Crippen LogP contribution in [0.3, 0.4) is 0 Å². The minimum absolute atomic E-state index is 0.0910. The lowest BCUT2D eigenvalue weighted by molar-refractivity contribution is -0.142. The highest BCUT2D eigenvalue weighted by Gasteiger charge is 2.13. The number of ether oxygens (including phenoxy) is 2. The maximum absolute atomic E-state index is 12.0. The molecule has 2 aromatic carbocycles.